The third-order valence-electron chi connectivity index (χ3n) is 3.10. The first kappa shape index (κ1) is 14.7. The quantitative estimate of drug-likeness (QED) is 0.709. The highest BCUT2D eigenvalue weighted by Gasteiger charge is 2.35. The van der Waals surface area contributed by atoms with Crippen molar-refractivity contribution in [2.24, 2.45) is 0 Å². The zero-order valence-corrected chi connectivity index (χ0v) is 12.5. The number of hydrogen-bond acceptors (Lipinski definition) is 5. The lowest BCUT2D eigenvalue weighted by Crippen LogP contribution is -2.18. The number of fused-ring (bicyclic) bond motifs is 1. The number of para-hydroxylation sites is 1. The summed E-state index contributed by atoms with van der Waals surface area (Å²) in [5, 5.41) is 0.540. The Hall–Kier alpha value is -2.22. The van der Waals surface area contributed by atoms with Gasteiger partial charge < -0.3 is 0 Å². The third-order valence-corrected chi connectivity index (χ3v) is 4.21. The van der Waals surface area contributed by atoms with Crippen molar-refractivity contribution in [1.82, 2.24) is 15.0 Å². The lowest BCUT2D eigenvalue weighted by atomic mass is 10.2. The minimum absolute atomic E-state index is 0.00560. The molecule has 0 radical (unpaired) electrons. The normalized spacial score (nSPS) is 11.9. The minimum atomic E-state index is -4.50. The summed E-state index contributed by atoms with van der Waals surface area (Å²) >= 11 is 1.37. The van der Waals surface area contributed by atoms with Crippen molar-refractivity contribution < 1.29 is 13.2 Å². The second-order valence-corrected chi connectivity index (χ2v) is 5.73. The SMILES string of the molecule is Cc1cnc(N(C)c2nc3ccccc3s2)nc1C(F)(F)F. The predicted molar refractivity (Wildman–Crippen MR) is 79.5 cm³/mol. The maximum atomic E-state index is 12.9. The Morgan fingerprint density at radius 3 is 2.55 bits per heavy atom. The molecule has 0 saturated heterocycles. The van der Waals surface area contributed by atoms with Crippen LogP contribution in [-0.2, 0) is 6.18 Å². The zero-order chi connectivity index (χ0) is 15.9. The van der Waals surface area contributed by atoms with E-state index in [1.807, 2.05) is 24.3 Å². The van der Waals surface area contributed by atoms with E-state index in [0.717, 1.165) is 10.2 Å². The van der Waals surface area contributed by atoms with Crippen molar-refractivity contribution in [3.8, 4) is 0 Å². The molecule has 0 unspecified atom stereocenters. The van der Waals surface area contributed by atoms with Gasteiger partial charge in [-0.05, 0) is 24.6 Å². The Kier molecular flexibility index (Phi) is 3.48. The maximum absolute atomic E-state index is 12.9. The standard InChI is InChI=1S/C14H11F3N4S/c1-8-7-18-12(20-11(8)14(15,16)17)21(2)13-19-9-5-3-4-6-10(9)22-13/h3-7H,1-2H3. The number of hydrogen-bond donors (Lipinski definition) is 0. The van der Waals surface area contributed by atoms with Gasteiger partial charge in [-0.25, -0.2) is 15.0 Å². The van der Waals surface area contributed by atoms with E-state index in [1.54, 1.807) is 7.05 Å². The van der Waals surface area contributed by atoms with Gasteiger partial charge in [-0.1, -0.05) is 23.5 Å². The molecular formula is C14H11F3N4S. The predicted octanol–water partition coefficient (Wildman–Crippen LogP) is 4.18. The number of aromatic nitrogens is 3. The molecular weight excluding hydrogens is 313 g/mol. The van der Waals surface area contributed by atoms with Gasteiger partial charge in [-0.2, -0.15) is 13.2 Å². The fraction of sp³-hybridized carbons (Fsp3) is 0.214. The van der Waals surface area contributed by atoms with E-state index in [2.05, 4.69) is 15.0 Å². The zero-order valence-electron chi connectivity index (χ0n) is 11.7. The van der Waals surface area contributed by atoms with Gasteiger partial charge in [0.25, 0.3) is 0 Å². The Balaban J connectivity index is 2.03. The van der Waals surface area contributed by atoms with Crippen LogP contribution in [0.2, 0.25) is 0 Å². The molecule has 3 rings (SSSR count). The van der Waals surface area contributed by atoms with E-state index in [1.165, 1.54) is 29.4 Å². The number of benzene rings is 1. The van der Waals surface area contributed by atoms with Crippen LogP contribution >= 0.6 is 11.3 Å². The number of rotatable bonds is 2. The molecule has 0 amide bonds. The van der Waals surface area contributed by atoms with Gasteiger partial charge in [-0.3, -0.25) is 4.90 Å². The Morgan fingerprint density at radius 2 is 1.86 bits per heavy atom. The Morgan fingerprint density at radius 1 is 1.14 bits per heavy atom. The number of thiazole rings is 1. The molecule has 4 nitrogen and oxygen atoms in total. The van der Waals surface area contributed by atoms with E-state index in [-0.39, 0.29) is 11.5 Å². The maximum Gasteiger partial charge on any atom is 0.433 e. The molecule has 0 aliphatic carbocycles. The fourth-order valence-corrected chi connectivity index (χ4v) is 2.89. The van der Waals surface area contributed by atoms with Gasteiger partial charge >= 0.3 is 6.18 Å². The highest BCUT2D eigenvalue weighted by molar-refractivity contribution is 7.22. The smallest absolute Gasteiger partial charge is 0.289 e. The van der Waals surface area contributed by atoms with Crippen LogP contribution in [0.5, 0.6) is 0 Å². The number of aryl methyl sites for hydroxylation is 1. The van der Waals surface area contributed by atoms with Crippen LogP contribution < -0.4 is 4.90 Å². The first-order valence-electron chi connectivity index (χ1n) is 6.36. The number of anilines is 2. The van der Waals surface area contributed by atoms with Gasteiger partial charge in [0.1, 0.15) is 0 Å². The molecule has 114 valence electrons. The van der Waals surface area contributed by atoms with E-state index in [9.17, 15) is 13.2 Å². The molecule has 0 N–H and O–H groups in total. The lowest BCUT2D eigenvalue weighted by molar-refractivity contribution is -0.141. The second-order valence-electron chi connectivity index (χ2n) is 4.72. The minimum Gasteiger partial charge on any atom is -0.289 e. The molecule has 0 fully saturated rings. The largest absolute Gasteiger partial charge is 0.433 e. The first-order chi connectivity index (χ1) is 10.4. The van der Waals surface area contributed by atoms with Gasteiger partial charge in [0, 0.05) is 13.2 Å². The van der Waals surface area contributed by atoms with Crippen LogP contribution in [0.15, 0.2) is 30.5 Å². The van der Waals surface area contributed by atoms with Crippen LogP contribution in [0.25, 0.3) is 10.2 Å². The summed E-state index contributed by atoms with van der Waals surface area (Å²) in [6.07, 6.45) is -3.33. The summed E-state index contributed by atoms with van der Waals surface area (Å²) in [6.45, 7) is 1.34. The van der Waals surface area contributed by atoms with Crippen molar-refractivity contribution in [2.45, 2.75) is 13.1 Å². The van der Waals surface area contributed by atoms with Gasteiger partial charge in [-0.15, -0.1) is 0 Å². The molecule has 2 aromatic heterocycles. The van der Waals surface area contributed by atoms with Crippen LogP contribution in [0.1, 0.15) is 11.3 Å². The van der Waals surface area contributed by atoms with E-state index < -0.39 is 11.9 Å². The highest BCUT2D eigenvalue weighted by atomic mass is 32.1. The molecule has 0 atom stereocenters. The number of halogens is 3. The van der Waals surface area contributed by atoms with E-state index in [0.29, 0.717) is 5.13 Å². The van der Waals surface area contributed by atoms with Crippen molar-refractivity contribution in [2.75, 3.05) is 11.9 Å². The molecule has 8 heteroatoms. The van der Waals surface area contributed by atoms with Crippen molar-refractivity contribution in [1.29, 1.82) is 0 Å². The average molecular weight is 324 g/mol. The van der Waals surface area contributed by atoms with Crippen molar-refractivity contribution >= 4 is 32.6 Å². The van der Waals surface area contributed by atoms with Crippen molar-refractivity contribution in [3.05, 3.63) is 41.7 Å². The summed E-state index contributed by atoms with van der Waals surface area (Å²) in [7, 11) is 1.60. The molecule has 0 bridgehead atoms. The third kappa shape index (κ3) is 2.61. The number of alkyl halides is 3. The van der Waals surface area contributed by atoms with Crippen LogP contribution in [-0.4, -0.2) is 22.0 Å². The Labute approximate surface area is 128 Å². The van der Waals surface area contributed by atoms with E-state index in [4.69, 9.17) is 0 Å². The molecule has 0 aliphatic heterocycles. The second kappa shape index (κ2) is 5.20. The van der Waals surface area contributed by atoms with Gasteiger partial charge in [0.05, 0.1) is 10.2 Å². The molecule has 1 aromatic carbocycles. The van der Waals surface area contributed by atoms with Crippen LogP contribution in [0, 0.1) is 6.92 Å². The average Bonchev–Trinajstić information content (AvgIpc) is 2.89. The molecule has 3 aromatic rings. The summed E-state index contributed by atoms with van der Waals surface area (Å²) in [5.74, 6) is -0.0306. The van der Waals surface area contributed by atoms with Crippen LogP contribution in [0.3, 0.4) is 0 Å². The topological polar surface area (TPSA) is 41.9 Å². The van der Waals surface area contributed by atoms with Crippen molar-refractivity contribution in [3.63, 3.8) is 0 Å². The number of nitrogens with zero attached hydrogens (tertiary/aromatic N) is 4. The summed E-state index contributed by atoms with van der Waals surface area (Å²) in [5.41, 5.74) is -0.142. The molecule has 22 heavy (non-hydrogen) atoms. The molecule has 0 aliphatic rings. The summed E-state index contributed by atoms with van der Waals surface area (Å²) in [4.78, 5) is 13.5. The molecule has 2 heterocycles. The van der Waals surface area contributed by atoms with E-state index >= 15 is 0 Å². The molecule has 0 saturated carbocycles. The van der Waals surface area contributed by atoms with Gasteiger partial charge in [0.2, 0.25) is 5.95 Å². The summed E-state index contributed by atoms with van der Waals surface area (Å²) in [6, 6.07) is 7.49. The summed E-state index contributed by atoms with van der Waals surface area (Å²) < 4.78 is 39.8. The molecule has 0 spiro atoms. The lowest BCUT2D eigenvalue weighted by Gasteiger charge is -2.16. The van der Waals surface area contributed by atoms with Crippen LogP contribution in [0.4, 0.5) is 24.3 Å². The van der Waals surface area contributed by atoms with Gasteiger partial charge in [0.15, 0.2) is 10.8 Å². The monoisotopic (exact) mass is 324 g/mol. The fourth-order valence-electron chi connectivity index (χ4n) is 1.97. The highest BCUT2D eigenvalue weighted by Crippen LogP contribution is 2.34. The first-order valence-corrected chi connectivity index (χ1v) is 7.18. The Bertz CT molecular complexity index is 795.